The molecule has 1 aromatic heterocycles. The number of nitrogens with two attached hydrogens (primary N) is 1. The van der Waals surface area contributed by atoms with Crippen molar-refractivity contribution in [3.63, 3.8) is 0 Å². The van der Waals surface area contributed by atoms with E-state index >= 15 is 0 Å². The third-order valence-corrected chi connectivity index (χ3v) is 2.14. The Bertz CT molecular complexity index is 675. The first kappa shape index (κ1) is 11.5. The minimum absolute atomic E-state index is 0.172. The molecule has 0 bridgehead atoms. The van der Waals surface area contributed by atoms with Crippen LogP contribution in [0.1, 0.15) is 0 Å². The maximum absolute atomic E-state index is 8.68. The molecule has 0 fully saturated rings. The third-order valence-electron chi connectivity index (χ3n) is 2.14. The van der Waals surface area contributed by atoms with Crippen LogP contribution in [0.15, 0.2) is 23.3 Å². The highest BCUT2D eigenvalue weighted by molar-refractivity contribution is 6.45. The van der Waals surface area contributed by atoms with Crippen molar-refractivity contribution in [3.8, 4) is 6.07 Å². The summed E-state index contributed by atoms with van der Waals surface area (Å²) in [5.74, 6) is -0.384. The number of amidine groups is 1. The Hall–Kier alpha value is -2.95. The molecule has 1 heterocycles. The summed E-state index contributed by atoms with van der Waals surface area (Å²) in [5.41, 5.74) is 9.75. The molecule has 0 unspecified atom stereocenters. The van der Waals surface area contributed by atoms with Gasteiger partial charge in [0.05, 0.1) is 5.69 Å². The second-order valence-corrected chi connectivity index (χ2v) is 3.49. The van der Waals surface area contributed by atoms with Crippen molar-refractivity contribution in [2.45, 2.75) is 0 Å². The number of anilines is 1. The van der Waals surface area contributed by atoms with Crippen LogP contribution in [0.25, 0.3) is 11.0 Å². The molecule has 2 rings (SSSR count). The molecule has 0 aliphatic heterocycles. The number of hydrogen-bond acceptors (Lipinski definition) is 6. The van der Waals surface area contributed by atoms with Gasteiger partial charge in [0.25, 0.3) is 0 Å². The van der Waals surface area contributed by atoms with Gasteiger partial charge in [-0.3, -0.25) is 10.8 Å². The Morgan fingerprint density at radius 2 is 2.22 bits per heavy atom. The van der Waals surface area contributed by atoms with E-state index in [-0.39, 0.29) is 11.5 Å². The van der Waals surface area contributed by atoms with Gasteiger partial charge in [-0.25, -0.2) is 0 Å². The summed E-state index contributed by atoms with van der Waals surface area (Å²) in [5, 5.41) is 27.8. The van der Waals surface area contributed by atoms with Gasteiger partial charge in [0, 0.05) is 7.05 Å². The lowest BCUT2D eigenvalue weighted by Crippen LogP contribution is -2.21. The number of hydrogen-bond donors (Lipinski definition) is 3. The fourth-order valence-corrected chi connectivity index (χ4v) is 1.36. The quantitative estimate of drug-likeness (QED) is 0.402. The Morgan fingerprint density at radius 3 is 2.89 bits per heavy atom. The fourth-order valence-electron chi connectivity index (χ4n) is 1.36. The molecule has 0 radical (unpaired) electrons. The van der Waals surface area contributed by atoms with E-state index in [0.29, 0.717) is 11.2 Å². The molecule has 8 heteroatoms. The summed E-state index contributed by atoms with van der Waals surface area (Å²) in [7, 11) is 1.73. The summed E-state index contributed by atoms with van der Waals surface area (Å²) in [4.78, 5) is 1.47. The summed E-state index contributed by atoms with van der Waals surface area (Å²) >= 11 is 0. The van der Waals surface area contributed by atoms with E-state index < -0.39 is 0 Å². The molecule has 18 heavy (non-hydrogen) atoms. The lowest BCUT2D eigenvalue weighted by molar-refractivity contribution is 0.665. The molecule has 2 aromatic rings. The first-order valence-electron chi connectivity index (χ1n) is 4.99. The Labute approximate surface area is 102 Å². The van der Waals surface area contributed by atoms with Crippen molar-refractivity contribution < 1.29 is 0 Å². The molecule has 0 saturated heterocycles. The smallest absolute Gasteiger partial charge is 0.201 e. The summed E-state index contributed by atoms with van der Waals surface area (Å²) in [6.45, 7) is 0. The number of aromatic nitrogens is 3. The molecule has 4 N–H and O–H groups in total. The minimum atomic E-state index is -0.384. The van der Waals surface area contributed by atoms with Gasteiger partial charge in [0.15, 0.2) is 5.84 Å². The van der Waals surface area contributed by atoms with Crippen LogP contribution >= 0.6 is 0 Å². The van der Waals surface area contributed by atoms with Crippen molar-refractivity contribution in [2.75, 3.05) is 5.43 Å². The van der Waals surface area contributed by atoms with Crippen molar-refractivity contribution in [3.05, 3.63) is 18.2 Å². The Kier molecular flexibility index (Phi) is 2.89. The lowest BCUT2D eigenvalue weighted by Gasteiger charge is -2.00. The Morgan fingerprint density at radius 1 is 1.50 bits per heavy atom. The van der Waals surface area contributed by atoms with Gasteiger partial charge in [-0.05, 0) is 18.2 Å². The predicted octanol–water partition coefficient (Wildman–Crippen LogP) is 0.196. The largest absolute Gasteiger partial charge is 0.382 e. The number of hydrazone groups is 1. The second-order valence-electron chi connectivity index (χ2n) is 3.49. The van der Waals surface area contributed by atoms with E-state index in [1.54, 1.807) is 31.3 Å². The van der Waals surface area contributed by atoms with E-state index in [1.807, 2.05) is 0 Å². The van der Waals surface area contributed by atoms with Crippen LogP contribution in [-0.2, 0) is 7.05 Å². The molecular weight excluding hydrogens is 232 g/mol. The van der Waals surface area contributed by atoms with E-state index in [0.717, 1.165) is 5.52 Å². The van der Waals surface area contributed by atoms with E-state index in [2.05, 4.69) is 20.7 Å². The van der Waals surface area contributed by atoms with E-state index in [9.17, 15) is 0 Å². The van der Waals surface area contributed by atoms with E-state index in [1.165, 1.54) is 4.80 Å². The van der Waals surface area contributed by atoms with E-state index in [4.69, 9.17) is 16.4 Å². The summed E-state index contributed by atoms with van der Waals surface area (Å²) < 4.78 is 0. The first-order valence-corrected chi connectivity index (χ1v) is 4.99. The number of benzene rings is 1. The highest BCUT2D eigenvalue weighted by atomic mass is 15.4. The molecule has 0 aliphatic rings. The SMILES string of the molecule is Cn1nc2ccc(N/N=C(\C#N)C(=N)N)cc2n1. The third kappa shape index (κ3) is 2.25. The molecule has 1 aromatic carbocycles. The maximum Gasteiger partial charge on any atom is 0.201 e. The van der Waals surface area contributed by atoms with Crippen LogP contribution in [0.2, 0.25) is 0 Å². The molecule has 0 spiro atoms. The van der Waals surface area contributed by atoms with Gasteiger partial charge in [0.2, 0.25) is 5.71 Å². The average Bonchev–Trinajstić information content (AvgIpc) is 2.68. The van der Waals surface area contributed by atoms with Gasteiger partial charge < -0.3 is 5.73 Å². The van der Waals surface area contributed by atoms with Crippen LogP contribution in [0.4, 0.5) is 5.69 Å². The standard InChI is InChI=1S/C10H10N8/c1-18-16-7-3-2-6(4-8(7)17-18)14-15-9(5-11)10(12)13/h2-4,14H,1H3,(H3,12,13)/b15-9+. The van der Waals surface area contributed by atoms with Crippen molar-refractivity contribution in [1.29, 1.82) is 10.7 Å². The molecule has 0 atom stereocenters. The average molecular weight is 242 g/mol. The molecular formula is C10H10N8. The lowest BCUT2D eigenvalue weighted by atomic mass is 10.3. The van der Waals surface area contributed by atoms with Gasteiger partial charge in [-0.1, -0.05) is 0 Å². The molecule has 0 aliphatic carbocycles. The fraction of sp³-hybridized carbons (Fsp3) is 0.100. The number of nitriles is 1. The first-order chi connectivity index (χ1) is 8.60. The second kappa shape index (κ2) is 4.50. The maximum atomic E-state index is 8.68. The zero-order chi connectivity index (χ0) is 13.1. The number of nitrogens with one attached hydrogen (secondary N) is 2. The number of aryl methyl sites for hydroxylation is 1. The topological polar surface area (TPSA) is 129 Å². The summed E-state index contributed by atoms with van der Waals surface area (Å²) in [6.07, 6.45) is 0. The highest BCUT2D eigenvalue weighted by Gasteiger charge is 2.03. The zero-order valence-electron chi connectivity index (χ0n) is 9.55. The van der Waals surface area contributed by atoms with Crippen LogP contribution in [0.5, 0.6) is 0 Å². The number of fused-ring (bicyclic) bond motifs is 1. The van der Waals surface area contributed by atoms with Crippen molar-refractivity contribution in [2.24, 2.45) is 17.9 Å². The van der Waals surface area contributed by atoms with Gasteiger partial charge in [-0.15, -0.1) is 0 Å². The number of nitrogens with zero attached hydrogens (tertiary/aromatic N) is 5. The normalized spacial score (nSPS) is 11.2. The highest BCUT2D eigenvalue weighted by Crippen LogP contribution is 2.15. The Balaban J connectivity index is 2.27. The van der Waals surface area contributed by atoms with Crippen molar-refractivity contribution in [1.82, 2.24) is 15.0 Å². The van der Waals surface area contributed by atoms with Crippen molar-refractivity contribution >= 4 is 28.3 Å². The number of rotatable bonds is 3. The molecule has 0 saturated carbocycles. The predicted molar refractivity (Wildman–Crippen MR) is 67.1 cm³/mol. The van der Waals surface area contributed by atoms with Crippen LogP contribution in [0, 0.1) is 16.7 Å². The molecule has 90 valence electrons. The minimum Gasteiger partial charge on any atom is -0.382 e. The van der Waals surface area contributed by atoms with Gasteiger partial charge in [-0.2, -0.15) is 25.4 Å². The molecule has 8 nitrogen and oxygen atoms in total. The van der Waals surface area contributed by atoms with Crippen LogP contribution in [0.3, 0.4) is 0 Å². The van der Waals surface area contributed by atoms with Gasteiger partial charge >= 0.3 is 0 Å². The van der Waals surface area contributed by atoms with Crippen LogP contribution < -0.4 is 11.2 Å². The summed E-state index contributed by atoms with van der Waals surface area (Å²) in [6, 6.07) is 6.98. The monoisotopic (exact) mass is 242 g/mol. The van der Waals surface area contributed by atoms with Crippen LogP contribution in [-0.4, -0.2) is 26.5 Å². The zero-order valence-corrected chi connectivity index (χ0v) is 9.55. The van der Waals surface area contributed by atoms with Gasteiger partial charge in [0.1, 0.15) is 17.1 Å². The molecule has 0 amide bonds.